The second-order valence-electron chi connectivity index (χ2n) is 8.61. The highest BCUT2D eigenvalue weighted by atomic mass is 35.5. The molecule has 36 heavy (non-hydrogen) atoms. The maximum Gasteiger partial charge on any atom is 0.389 e. The molecule has 3 aromatic carbocycles. The van der Waals surface area contributed by atoms with Gasteiger partial charge < -0.3 is 10.4 Å². The summed E-state index contributed by atoms with van der Waals surface area (Å²) in [4.78, 5) is 22.9. The summed E-state index contributed by atoms with van der Waals surface area (Å²) in [6.45, 7) is 2.00. The fourth-order valence-electron chi connectivity index (χ4n) is 4.17. The molecular formula is C27H26Cl2F3NO3. The Morgan fingerprint density at radius 1 is 1.03 bits per heavy atom. The Morgan fingerprint density at radius 2 is 1.69 bits per heavy atom. The van der Waals surface area contributed by atoms with Crippen LogP contribution in [-0.4, -0.2) is 29.7 Å². The number of carboxylic acids is 1. The number of fused-ring (bicyclic) bond motifs is 1. The Labute approximate surface area is 217 Å². The average Bonchev–Trinajstić information content (AvgIpc) is 2.81. The summed E-state index contributed by atoms with van der Waals surface area (Å²) in [5, 5.41) is 13.8. The zero-order valence-corrected chi connectivity index (χ0v) is 21.1. The second-order valence-corrected chi connectivity index (χ2v) is 9.39. The van der Waals surface area contributed by atoms with Crippen LogP contribution in [0.4, 0.5) is 13.2 Å². The van der Waals surface area contributed by atoms with Crippen molar-refractivity contribution >= 4 is 45.9 Å². The molecule has 0 fully saturated rings. The topological polar surface area (TPSA) is 66.4 Å². The van der Waals surface area contributed by atoms with Crippen LogP contribution in [0.1, 0.15) is 65.6 Å². The lowest BCUT2D eigenvalue weighted by Crippen LogP contribution is -2.25. The van der Waals surface area contributed by atoms with Crippen LogP contribution in [0.15, 0.2) is 48.5 Å². The molecule has 2 N–H and O–H groups in total. The zero-order chi connectivity index (χ0) is 26.5. The van der Waals surface area contributed by atoms with E-state index in [4.69, 9.17) is 28.3 Å². The molecule has 1 amide bonds. The van der Waals surface area contributed by atoms with E-state index in [1.165, 1.54) is 12.1 Å². The molecule has 192 valence electrons. The number of benzene rings is 3. The average molecular weight is 540 g/mol. The standard InChI is InChI=1S/C27H26Cl2F3NO3/c1-2-3-22-23(28)15-19-14-18(8-9-21(19)25(22)29)20(10-12-27(30,31)32)16-4-6-17(7-5-16)26(36)33-13-11-24(34)35/h4-9,14-15,20H,2-3,10-13H2,1H3,(H,33,36)(H,34,35). The lowest BCUT2D eigenvalue weighted by molar-refractivity contribution is -0.137. The number of carbonyl (C=O) groups is 2. The van der Waals surface area contributed by atoms with Gasteiger partial charge in [0.05, 0.1) is 11.4 Å². The van der Waals surface area contributed by atoms with E-state index in [2.05, 4.69) is 5.32 Å². The minimum absolute atomic E-state index is 0.0215. The summed E-state index contributed by atoms with van der Waals surface area (Å²) >= 11 is 13.0. The summed E-state index contributed by atoms with van der Waals surface area (Å²) in [6, 6.07) is 13.5. The van der Waals surface area contributed by atoms with Crippen LogP contribution in [-0.2, 0) is 11.2 Å². The molecule has 0 saturated carbocycles. The fraction of sp³-hybridized carbons (Fsp3) is 0.333. The van der Waals surface area contributed by atoms with E-state index in [9.17, 15) is 22.8 Å². The molecule has 0 aliphatic carbocycles. The smallest absolute Gasteiger partial charge is 0.389 e. The Hall–Kier alpha value is -2.77. The number of carbonyl (C=O) groups excluding carboxylic acids is 1. The Bertz CT molecular complexity index is 1240. The van der Waals surface area contributed by atoms with Gasteiger partial charge in [-0.15, -0.1) is 0 Å². The lowest BCUT2D eigenvalue weighted by Gasteiger charge is -2.21. The van der Waals surface area contributed by atoms with Crippen LogP contribution < -0.4 is 5.32 Å². The maximum atomic E-state index is 13.1. The van der Waals surface area contributed by atoms with Crippen LogP contribution in [0.5, 0.6) is 0 Å². The molecule has 0 spiro atoms. The summed E-state index contributed by atoms with van der Waals surface area (Å²) in [5.74, 6) is -2.06. The van der Waals surface area contributed by atoms with Gasteiger partial charge in [0.25, 0.3) is 5.91 Å². The third kappa shape index (κ3) is 7.14. The van der Waals surface area contributed by atoms with Crippen molar-refractivity contribution in [2.75, 3.05) is 6.54 Å². The molecule has 1 atom stereocenters. The zero-order valence-electron chi connectivity index (χ0n) is 19.6. The van der Waals surface area contributed by atoms with E-state index < -0.39 is 30.4 Å². The van der Waals surface area contributed by atoms with Crippen molar-refractivity contribution in [3.63, 3.8) is 0 Å². The van der Waals surface area contributed by atoms with Gasteiger partial charge in [-0.05, 0) is 53.1 Å². The third-order valence-corrected chi connectivity index (χ3v) is 6.74. The van der Waals surface area contributed by atoms with Gasteiger partial charge in [0.15, 0.2) is 0 Å². The first-order chi connectivity index (χ1) is 17.0. The van der Waals surface area contributed by atoms with Crippen molar-refractivity contribution in [1.82, 2.24) is 5.32 Å². The van der Waals surface area contributed by atoms with E-state index in [0.29, 0.717) is 26.7 Å². The number of aliphatic carboxylic acids is 1. The molecule has 9 heteroatoms. The van der Waals surface area contributed by atoms with Crippen LogP contribution in [0, 0.1) is 0 Å². The first-order valence-corrected chi connectivity index (χ1v) is 12.3. The molecule has 3 rings (SSSR count). The highest BCUT2D eigenvalue weighted by molar-refractivity contribution is 6.40. The van der Waals surface area contributed by atoms with Gasteiger partial charge in [0.1, 0.15) is 0 Å². The van der Waals surface area contributed by atoms with Crippen LogP contribution in [0.25, 0.3) is 10.8 Å². The van der Waals surface area contributed by atoms with Gasteiger partial charge in [-0.25, -0.2) is 0 Å². The monoisotopic (exact) mass is 539 g/mol. The Balaban J connectivity index is 1.94. The summed E-state index contributed by atoms with van der Waals surface area (Å²) in [5.41, 5.74) is 2.45. The van der Waals surface area contributed by atoms with E-state index in [1.807, 2.05) is 19.1 Å². The molecular weight excluding hydrogens is 514 g/mol. The quantitative estimate of drug-likeness (QED) is 0.276. The van der Waals surface area contributed by atoms with Crippen LogP contribution in [0.2, 0.25) is 10.0 Å². The van der Waals surface area contributed by atoms with Crippen LogP contribution in [0.3, 0.4) is 0 Å². The van der Waals surface area contributed by atoms with Gasteiger partial charge >= 0.3 is 12.1 Å². The Kier molecular flexibility index (Phi) is 9.25. The molecule has 3 aromatic rings. The highest BCUT2D eigenvalue weighted by Crippen LogP contribution is 2.39. The van der Waals surface area contributed by atoms with Crippen molar-refractivity contribution in [2.45, 2.75) is 51.1 Å². The summed E-state index contributed by atoms with van der Waals surface area (Å²) < 4.78 is 39.4. The van der Waals surface area contributed by atoms with E-state index in [0.717, 1.165) is 29.2 Å². The minimum Gasteiger partial charge on any atom is -0.481 e. The van der Waals surface area contributed by atoms with E-state index in [1.54, 1.807) is 24.3 Å². The van der Waals surface area contributed by atoms with Gasteiger partial charge in [0.2, 0.25) is 0 Å². The van der Waals surface area contributed by atoms with Gasteiger partial charge in [-0.2, -0.15) is 13.2 Å². The number of carboxylic acid groups (broad SMARTS) is 1. The highest BCUT2D eigenvalue weighted by Gasteiger charge is 2.29. The number of halogens is 5. The molecule has 0 aliphatic heterocycles. The number of nitrogens with one attached hydrogen (secondary N) is 1. The SMILES string of the molecule is CCCc1c(Cl)cc2cc(C(CCC(F)(F)F)c3ccc(C(=O)NCCC(=O)O)cc3)ccc2c1Cl. The molecule has 0 aromatic heterocycles. The summed E-state index contributed by atoms with van der Waals surface area (Å²) in [6.07, 6.45) is -4.07. The first kappa shape index (κ1) is 27.8. The third-order valence-electron chi connectivity index (χ3n) is 5.97. The maximum absolute atomic E-state index is 13.1. The Morgan fingerprint density at radius 3 is 2.31 bits per heavy atom. The van der Waals surface area contributed by atoms with Gasteiger partial charge in [-0.1, -0.05) is 66.9 Å². The predicted molar refractivity (Wildman–Crippen MR) is 136 cm³/mol. The first-order valence-electron chi connectivity index (χ1n) is 11.6. The number of hydrogen-bond donors (Lipinski definition) is 2. The number of amides is 1. The van der Waals surface area contributed by atoms with Crippen molar-refractivity contribution in [1.29, 1.82) is 0 Å². The van der Waals surface area contributed by atoms with Crippen LogP contribution >= 0.6 is 23.2 Å². The van der Waals surface area contributed by atoms with E-state index in [-0.39, 0.29) is 19.4 Å². The molecule has 4 nitrogen and oxygen atoms in total. The lowest BCUT2D eigenvalue weighted by atomic mass is 9.85. The number of hydrogen-bond acceptors (Lipinski definition) is 2. The molecule has 1 unspecified atom stereocenters. The van der Waals surface area contributed by atoms with E-state index >= 15 is 0 Å². The fourth-order valence-corrected chi connectivity index (χ4v) is 4.90. The summed E-state index contributed by atoms with van der Waals surface area (Å²) in [7, 11) is 0. The van der Waals surface area contributed by atoms with Crippen molar-refractivity contribution < 1.29 is 27.9 Å². The van der Waals surface area contributed by atoms with Gasteiger partial charge in [0, 0.05) is 34.9 Å². The van der Waals surface area contributed by atoms with Crippen molar-refractivity contribution in [3.05, 3.63) is 80.8 Å². The van der Waals surface area contributed by atoms with Crippen molar-refractivity contribution in [3.8, 4) is 0 Å². The van der Waals surface area contributed by atoms with Crippen molar-refractivity contribution in [2.24, 2.45) is 0 Å². The normalized spacial score (nSPS) is 12.5. The minimum atomic E-state index is -4.32. The van der Waals surface area contributed by atoms with Gasteiger partial charge in [-0.3, -0.25) is 9.59 Å². The molecule has 0 heterocycles. The molecule has 0 aliphatic rings. The molecule has 0 radical (unpaired) electrons. The number of alkyl halides is 3. The largest absolute Gasteiger partial charge is 0.481 e. The molecule has 0 bridgehead atoms. The number of rotatable bonds is 10. The molecule has 0 saturated heterocycles. The second kappa shape index (κ2) is 12.0. The predicted octanol–water partition coefficient (Wildman–Crippen LogP) is 7.78.